The number of thioether (sulfide) groups is 1. The Morgan fingerprint density at radius 1 is 1.30 bits per heavy atom. The van der Waals surface area contributed by atoms with Crippen molar-refractivity contribution in [2.75, 3.05) is 12.3 Å². The van der Waals surface area contributed by atoms with Crippen molar-refractivity contribution in [1.82, 2.24) is 10.2 Å². The largest absolute Gasteiger partial charge is 0.344 e. The van der Waals surface area contributed by atoms with Gasteiger partial charge in [0.05, 0.1) is 0 Å². The van der Waals surface area contributed by atoms with Crippen molar-refractivity contribution in [3.05, 3.63) is 0 Å². The number of nitrogens with zero attached hydrogens (tertiary/aromatic N) is 1. The Balaban J connectivity index is 2.02. The molecule has 2 rings (SSSR count). The number of nitrogens with one attached hydrogen (secondary N) is 1. The van der Waals surface area contributed by atoms with Crippen LogP contribution in [0.15, 0.2) is 0 Å². The molecule has 1 aliphatic heterocycles. The molecule has 5 heteroatoms. The molecule has 4 nitrogen and oxygen atoms in total. The number of amides is 2. The molecule has 1 aliphatic carbocycles. The van der Waals surface area contributed by atoms with Crippen molar-refractivity contribution >= 4 is 23.6 Å². The lowest BCUT2D eigenvalue weighted by Gasteiger charge is -2.30. The van der Waals surface area contributed by atoms with E-state index in [2.05, 4.69) is 19.2 Å². The van der Waals surface area contributed by atoms with E-state index in [1.807, 2.05) is 16.7 Å². The van der Waals surface area contributed by atoms with E-state index in [9.17, 15) is 9.59 Å². The van der Waals surface area contributed by atoms with Crippen molar-refractivity contribution in [3.63, 3.8) is 0 Å². The van der Waals surface area contributed by atoms with Gasteiger partial charge in [-0.15, -0.1) is 0 Å². The first-order valence-electron chi connectivity index (χ1n) is 7.87. The van der Waals surface area contributed by atoms with Crippen LogP contribution in [0.25, 0.3) is 0 Å². The maximum absolute atomic E-state index is 12.6. The van der Waals surface area contributed by atoms with Crippen LogP contribution in [0, 0.1) is 0 Å². The summed E-state index contributed by atoms with van der Waals surface area (Å²) in [6.45, 7) is 4.84. The highest BCUT2D eigenvalue weighted by Crippen LogP contribution is 2.33. The molecular weight excluding hydrogens is 272 g/mol. The summed E-state index contributed by atoms with van der Waals surface area (Å²) in [5.74, 6) is 1.31. The van der Waals surface area contributed by atoms with Crippen molar-refractivity contribution in [2.45, 2.75) is 69.7 Å². The quantitative estimate of drug-likeness (QED) is 0.846. The fourth-order valence-electron chi connectivity index (χ4n) is 3.30. The van der Waals surface area contributed by atoms with Crippen LogP contribution in [-0.2, 0) is 9.59 Å². The van der Waals surface area contributed by atoms with Crippen molar-refractivity contribution in [1.29, 1.82) is 0 Å². The molecule has 1 heterocycles. The van der Waals surface area contributed by atoms with Gasteiger partial charge in [0.15, 0.2) is 0 Å². The van der Waals surface area contributed by atoms with E-state index < -0.39 is 0 Å². The smallest absolute Gasteiger partial charge is 0.245 e. The SMILES string of the molecule is CCCC1NC(=O)CCN(C2CCC(SCC)C2)C1=O. The highest BCUT2D eigenvalue weighted by molar-refractivity contribution is 7.99. The van der Waals surface area contributed by atoms with E-state index in [1.54, 1.807) is 0 Å². The van der Waals surface area contributed by atoms with Crippen LogP contribution in [0.4, 0.5) is 0 Å². The summed E-state index contributed by atoms with van der Waals surface area (Å²) in [7, 11) is 0. The molecule has 114 valence electrons. The van der Waals surface area contributed by atoms with Crippen molar-refractivity contribution < 1.29 is 9.59 Å². The third-order valence-corrected chi connectivity index (χ3v) is 5.51. The lowest BCUT2D eigenvalue weighted by atomic mass is 10.1. The minimum absolute atomic E-state index is 0.0248. The van der Waals surface area contributed by atoms with Gasteiger partial charge in [0, 0.05) is 24.3 Å². The lowest BCUT2D eigenvalue weighted by molar-refractivity contribution is -0.135. The summed E-state index contributed by atoms with van der Waals surface area (Å²) < 4.78 is 0. The first kappa shape index (κ1) is 15.7. The maximum atomic E-state index is 12.6. The number of carbonyl (C=O) groups excluding carboxylic acids is 2. The lowest BCUT2D eigenvalue weighted by Crippen LogP contribution is -2.47. The van der Waals surface area contributed by atoms with Gasteiger partial charge in [-0.2, -0.15) is 11.8 Å². The van der Waals surface area contributed by atoms with Gasteiger partial charge < -0.3 is 10.2 Å². The van der Waals surface area contributed by atoms with Crippen LogP contribution in [0.5, 0.6) is 0 Å². The zero-order valence-electron chi connectivity index (χ0n) is 12.6. The first-order valence-corrected chi connectivity index (χ1v) is 8.92. The molecule has 2 aliphatic rings. The Hall–Kier alpha value is -0.710. The second-order valence-electron chi connectivity index (χ2n) is 5.73. The van der Waals surface area contributed by atoms with Gasteiger partial charge in [0.1, 0.15) is 6.04 Å². The molecule has 1 N–H and O–H groups in total. The Morgan fingerprint density at radius 2 is 2.10 bits per heavy atom. The van der Waals surface area contributed by atoms with Crippen molar-refractivity contribution in [3.8, 4) is 0 Å². The van der Waals surface area contributed by atoms with E-state index >= 15 is 0 Å². The van der Waals surface area contributed by atoms with Gasteiger partial charge in [0.25, 0.3) is 0 Å². The average molecular weight is 298 g/mol. The fraction of sp³-hybridized carbons (Fsp3) is 0.867. The predicted octanol–water partition coefficient (Wildman–Crippen LogP) is 2.18. The molecule has 3 unspecified atom stereocenters. The molecule has 0 aromatic heterocycles. The summed E-state index contributed by atoms with van der Waals surface area (Å²) in [4.78, 5) is 26.4. The highest BCUT2D eigenvalue weighted by atomic mass is 32.2. The normalized spacial score (nSPS) is 31.3. The minimum atomic E-state index is -0.298. The van der Waals surface area contributed by atoms with E-state index in [1.165, 1.54) is 6.42 Å². The topological polar surface area (TPSA) is 49.4 Å². The summed E-state index contributed by atoms with van der Waals surface area (Å²) in [6, 6.07) is 0.0477. The van der Waals surface area contributed by atoms with Gasteiger partial charge in [-0.3, -0.25) is 9.59 Å². The van der Waals surface area contributed by atoms with E-state index in [4.69, 9.17) is 0 Å². The third kappa shape index (κ3) is 3.68. The maximum Gasteiger partial charge on any atom is 0.245 e. The van der Waals surface area contributed by atoms with E-state index in [-0.39, 0.29) is 17.9 Å². The van der Waals surface area contributed by atoms with E-state index in [0.717, 1.165) is 31.4 Å². The minimum Gasteiger partial charge on any atom is -0.344 e. The Morgan fingerprint density at radius 3 is 2.80 bits per heavy atom. The zero-order valence-corrected chi connectivity index (χ0v) is 13.4. The molecule has 1 saturated carbocycles. The molecule has 0 bridgehead atoms. The zero-order chi connectivity index (χ0) is 14.5. The van der Waals surface area contributed by atoms with Crippen LogP contribution >= 0.6 is 11.8 Å². The standard InChI is InChI=1S/C15H26N2O2S/c1-3-5-13-15(19)17(9-8-14(18)16-13)11-6-7-12(10-11)20-4-2/h11-13H,3-10H2,1-2H3,(H,16,18). The second kappa shape index (κ2) is 7.34. The van der Waals surface area contributed by atoms with Crippen LogP contribution < -0.4 is 5.32 Å². The Bertz CT molecular complexity index is 362. The molecule has 0 radical (unpaired) electrons. The highest BCUT2D eigenvalue weighted by Gasteiger charge is 2.36. The van der Waals surface area contributed by atoms with Crippen LogP contribution in [0.1, 0.15) is 52.4 Å². The molecule has 20 heavy (non-hydrogen) atoms. The predicted molar refractivity (Wildman–Crippen MR) is 82.7 cm³/mol. The molecule has 0 aromatic carbocycles. The average Bonchev–Trinajstić information content (AvgIpc) is 2.82. The Labute approximate surface area is 126 Å². The van der Waals surface area contributed by atoms with Gasteiger partial charge in [-0.05, 0) is 31.4 Å². The van der Waals surface area contributed by atoms with Crippen molar-refractivity contribution in [2.24, 2.45) is 0 Å². The molecule has 2 amide bonds. The van der Waals surface area contributed by atoms with Gasteiger partial charge >= 0.3 is 0 Å². The summed E-state index contributed by atoms with van der Waals surface area (Å²) >= 11 is 2.00. The van der Waals surface area contributed by atoms with Crippen LogP contribution in [-0.4, -0.2) is 46.3 Å². The summed E-state index contributed by atoms with van der Waals surface area (Å²) in [5.41, 5.74) is 0. The van der Waals surface area contributed by atoms with Crippen LogP contribution in [0.3, 0.4) is 0 Å². The van der Waals surface area contributed by atoms with Gasteiger partial charge in [0.2, 0.25) is 11.8 Å². The number of hydrogen-bond donors (Lipinski definition) is 1. The first-order chi connectivity index (χ1) is 9.65. The van der Waals surface area contributed by atoms with E-state index in [0.29, 0.717) is 24.3 Å². The summed E-state index contributed by atoms with van der Waals surface area (Å²) in [5, 5.41) is 3.57. The molecule has 0 aromatic rings. The number of rotatable bonds is 5. The molecule has 3 atom stereocenters. The fourth-order valence-corrected chi connectivity index (χ4v) is 4.43. The molecule has 0 spiro atoms. The number of hydrogen-bond acceptors (Lipinski definition) is 3. The monoisotopic (exact) mass is 298 g/mol. The van der Waals surface area contributed by atoms with Gasteiger partial charge in [-0.25, -0.2) is 0 Å². The van der Waals surface area contributed by atoms with Crippen LogP contribution in [0.2, 0.25) is 0 Å². The molecule has 2 fully saturated rings. The van der Waals surface area contributed by atoms with Gasteiger partial charge in [-0.1, -0.05) is 20.3 Å². The third-order valence-electron chi connectivity index (χ3n) is 4.27. The molecule has 1 saturated heterocycles. The molecular formula is C15H26N2O2S. The second-order valence-corrected chi connectivity index (χ2v) is 7.31. The Kier molecular flexibility index (Phi) is 5.75. The summed E-state index contributed by atoms with van der Waals surface area (Å²) in [6.07, 6.45) is 5.51. The number of carbonyl (C=O) groups is 2.